The first-order valence-corrected chi connectivity index (χ1v) is 12.0. The fourth-order valence-corrected chi connectivity index (χ4v) is 4.75. The van der Waals surface area contributed by atoms with Crippen LogP contribution in [-0.2, 0) is 16.0 Å². The van der Waals surface area contributed by atoms with Crippen LogP contribution in [0.15, 0.2) is 71.6 Å². The van der Waals surface area contributed by atoms with Crippen molar-refractivity contribution in [2.24, 2.45) is 0 Å². The molecule has 3 aromatic rings. The third kappa shape index (κ3) is 5.58. The van der Waals surface area contributed by atoms with Gasteiger partial charge in [-0.3, -0.25) is 14.5 Å². The maximum Gasteiger partial charge on any atom is 0.327 e. The fourth-order valence-electron chi connectivity index (χ4n) is 3.76. The summed E-state index contributed by atoms with van der Waals surface area (Å²) in [6.07, 6.45) is 1.61. The molecule has 8 heteroatoms. The van der Waals surface area contributed by atoms with Gasteiger partial charge in [0.15, 0.2) is 0 Å². The molecule has 178 valence electrons. The molecule has 0 saturated carbocycles. The highest BCUT2D eigenvalue weighted by atomic mass is 35.5. The second-order valence-electron chi connectivity index (χ2n) is 8.14. The molecule has 2 amide bonds. The number of carboxylic acid groups (broad SMARTS) is 1. The molecule has 0 unspecified atom stereocenters. The van der Waals surface area contributed by atoms with Crippen molar-refractivity contribution in [1.29, 1.82) is 0 Å². The van der Waals surface area contributed by atoms with Crippen LogP contribution in [0.4, 0.5) is 4.79 Å². The molecule has 1 aliphatic heterocycles. The van der Waals surface area contributed by atoms with Crippen molar-refractivity contribution >= 4 is 46.6 Å². The number of aryl methyl sites for hydroxylation is 2. The first-order valence-electron chi connectivity index (χ1n) is 10.8. The van der Waals surface area contributed by atoms with Gasteiger partial charge in [-0.15, -0.1) is 0 Å². The molecule has 6 nitrogen and oxygen atoms in total. The Labute approximate surface area is 212 Å². The Morgan fingerprint density at radius 1 is 1.03 bits per heavy atom. The molecule has 1 N–H and O–H groups in total. The quantitative estimate of drug-likeness (QED) is 0.368. The molecular formula is C27H22ClNO5S. The van der Waals surface area contributed by atoms with Crippen molar-refractivity contribution in [2.75, 3.05) is 0 Å². The number of ether oxygens (including phenoxy) is 1. The number of aliphatic carboxylic acids is 1. The van der Waals surface area contributed by atoms with Crippen molar-refractivity contribution in [3.05, 3.63) is 98.9 Å². The minimum atomic E-state index is -1.28. The summed E-state index contributed by atoms with van der Waals surface area (Å²) in [6.45, 7) is 3.82. The third-order valence-electron chi connectivity index (χ3n) is 5.52. The second kappa shape index (κ2) is 10.4. The van der Waals surface area contributed by atoms with Crippen molar-refractivity contribution in [3.8, 4) is 11.5 Å². The van der Waals surface area contributed by atoms with Gasteiger partial charge in [-0.05, 0) is 78.2 Å². The molecule has 0 aliphatic carbocycles. The predicted octanol–water partition coefficient (Wildman–Crippen LogP) is 6.48. The molecular weight excluding hydrogens is 486 g/mol. The van der Waals surface area contributed by atoms with E-state index in [1.165, 1.54) is 0 Å². The van der Waals surface area contributed by atoms with Gasteiger partial charge in [0.05, 0.1) is 4.91 Å². The Morgan fingerprint density at radius 2 is 1.66 bits per heavy atom. The number of amides is 2. The van der Waals surface area contributed by atoms with Gasteiger partial charge in [0.1, 0.15) is 17.5 Å². The Balaban J connectivity index is 1.50. The zero-order chi connectivity index (χ0) is 25.1. The SMILES string of the molecule is Cc1cc(Oc2ccc(/C=C3\SC(=O)N([C@@H](Cc4ccccc4)C(=O)O)C3=O)cc2)cc(C)c1Cl. The number of hydrogen-bond donors (Lipinski definition) is 1. The zero-order valence-electron chi connectivity index (χ0n) is 19.0. The van der Waals surface area contributed by atoms with E-state index in [2.05, 4.69) is 0 Å². The Kier molecular flexibility index (Phi) is 7.28. The van der Waals surface area contributed by atoms with E-state index in [4.69, 9.17) is 16.3 Å². The second-order valence-corrected chi connectivity index (χ2v) is 9.51. The topological polar surface area (TPSA) is 83.9 Å². The number of halogens is 1. The molecule has 0 radical (unpaired) electrons. The summed E-state index contributed by atoms with van der Waals surface area (Å²) in [5.41, 5.74) is 3.24. The number of nitrogens with zero attached hydrogens (tertiary/aromatic N) is 1. The lowest BCUT2D eigenvalue weighted by Crippen LogP contribution is -2.45. The number of carbonyl (C=O) groups is 3. The summed E-state index contributed by atoms with van der Waals surface area (Å²) in [6, 6.07) is 18.4. The van der Waals surface area contributed by atoms with Gasteiger partial charge in [0.25, 0.3) is 11.1 Å². The summed E-state index contributed by atoms with van der Waals surface area (Å²) in [4.78, 5) is 38.5. The van der Waals surface area contributed by atoms with Crippen LogP contribution in [-0.4, -0.2) is 33.2 Å². The standard InChI is InChI=1S/C27H22ClNO5S/c1-16-12-21(13-17(2)24(16)28)34-20-10-8-19(9-11-20)15-23-25(30)29(27(33)35-23)22(26(31)32)14-18-6-4-3-5-7-18/h3-13,15,22H,14H2,1-2H3,(H,31,32)/b23-15-/t22-/m0/s1. The highest BCUT2D eigenvalue weighted by Crippen LogP contribution is 2.35. The molecule has 1 aliphatic rings. The molecule has 0 aromatic heterocycles. The van der Waals surface area contributed by atoms with E-state index in [-0.39, 0.29) is 11.3 Å². The largest absolute Gasteiger partial charge is 0.480 e. The summed E-state index contributed by atoms with van der Waals surface area (Å²) >= 11 is 6.95. The van der Waals surface area contributed by atoms with Crippen LogP contribution in [0.25, 0.3) is 6.08 Å². The maximum atomic E-state index is 13.0. The first-order chi connectivity index (χ1) is 16.7. The van der Waals surface area contributed by atoms with Crippen LogP contribution in [0.1, 0.15) is 22.3 Å². The number of carboxylic acids is 1. The normalized spacial score (nSPS) is 15.5. The molecule has 0 bridgehead atoms. The van der Waals surface area contributed by atoms with Crippen LogP contribution >= 0.6 is 23.4 Å². The molecule has 1 atom stereocenters. The van der Waals surface area contributed by atoms with Crippen LogP contribution in [0.2, 0.25) is 5.02 Å². The van der Waals surface area contributed by atoms with Crippen LogP contribution in [0, 0.1) is 13.8 Å². The van der Waals surface area contributed by atoms with Gasteiger partial charge in [-0.25, -0.2) is 4.79 Å². The summed E-state index contributed by atoms with van der Waals surface area (Å²) in [7, 11) is 0. The lowest BCUT2D eigenvalue weighted by atomic mass is 10.0. The monoisotopic (exact) mass is 507 g/mol. The minimum absolute atomic E-state index is 0.0389. The van der Waals surface area contributed by atoms with Crippen LogP contribution in [0.5, 0.6) is 11.5 Å². The molecule has 35 heavy (non-hydrogen) atoms. The van der Waals surface area contributed by atoms with Gasteiger partial charge >= 0.3 is 5.97 Å². The highest BCUT2D eigenvalue weighted by Gasteiger charge is 2.42. The average molecular weight is 508 g/mol. The van der Waals surface area contributed by atoms with Crippen molar-refractivity contribution in [1.82, 2.24) is 4.90 Å². The molecule has 3 aromatic carbocycles. The van der Waals surface area contributed by atoms with E-state index in [1.807, 2.05) is 32.0 Å². The van der Waals surface area contributed by atoms with Crippen LogP contribution in [0.3, 0.4) is 0 Å². The zero-order valence-corrected chi connectivity index (χ0v) is 20.6. The molecule has 4 rings (SSSR count). The Hall–Kier alpha value is -3.55. The summed E-state index contributed by atoms with van der Waals surface area (Å²) in [5.74, 6) is -0.580. The van der Waals surface area contributed by atoms with Crippen molar-refractivity contribution in [2.45, 2.75) is 26.3 Å². The predicted molar refractivity (Wildman–Crippen MR) is 137 cm³/mol. The lowest BCUT2D eigenvalue weighted by molar-refractivity contribution is -0.145. The van der Waals surface area contributed by atoms with Gasteiger partial charge in [-0.1, -0.05) is 54.1 Å². The number of thioether (sulfide) groups is 1. The average Bonchev–Trinajstić information content (AvgIpc) is 3.10. The van der Waals surface area contributed by atoms with Gasteiger partial charge in [0, 0.05) is 11.4 Å². The van der Waals surface area contributed by atoms with E-state index in [0.717, 1.165) is 33.4 Å². The van der Waals surface area contributed by atoms with Crippen molar-refractivity contribution < 1.29 is 24.2 Å². The molecule has 0 spiro atoms. The van der Waals surface area contributed by atoms with Crippen molar-refractivity contribution in [3.63, 3.8) is 0 Å². The number of carbonyl (C=O) groups excluding carboxylic acids is 2. The number of hydrogen-bond acceptors (Lipinski definition) is 5. The Bertz CT molecular complexity index is 1300. The van der Waals surface area contributed by atoms with E-state index < -0.39 is 23.2 Å². The smallest absolute Gasteiger partial charge is 0.327 e. The van der Waals surface area contributed by atoms with Crippen LogP contribution < -0.4 is 4.74 Å². The first kappa shape index (κ1) is 24.6. The van der Waals surface area contributed by atoms with E-state index in [0.29, 0.717) is 22.1 Å². The fraction of sp³-hybridized carbons (Fsp3) is 0.148. The number of imide groups is 1. The van der Waals surface area contributed by atoms with E-state index in [1.54, 1.807) is 54.6 Å². The van der Waals surface area contributed by atoms with Gasteiger partial charge in [0.2, 0.25) is 0 Å². The van der Waals surface area contributed by atoms with Gasteiger partial charge in [-0.2, -0.15) is 0 Å². The lowest BCUT2D eigenvalue weighted by Gasteiger charge is -2.21. The molecule has 1 fully saturated rings. The number of benzene rings is 3. The third-order valence-corrected chi connectivity index (χ3v) is 7.00. The molecule has 1 heterocycles. The minimum Gasteiger partial charge on any atom is -0.480 e. The van der Waals surface area contributed by atoms with E-state index >= 15 is 0 Å². The Morgan fingerprint density at radius 3 is 2.26 bits per heavy atom. The summed E-state index contributed by atoms with van der Waals surface area (Å²) < 4.78 is 5.91. The molecule has 1 saturated heterocycles. The summed E-state index contributed by atoms with van der Waals surface area (Å²) in [5, 5.41) is 9.82. The van der Waals surface area contributed by atoms with E-state index in [9.17, 15) is 19.5 Å². The maximum absolute atomic E-state index is 13.0. The highest BCUT2D eigenvalue weighted by molar-refractivity contribution is 8.18. The van der Waals surface area contributed by atoms with Gasteiger partial charge < -0.3 is 9.84 Å². The number of rotatable bonds is 7.